The Labute approximate surface area is 211 Å². The molecule has 3 N–H and O–H groups in total. The Bertz CT molecular complexity index is 1030. The van der Waals surface area contributed by atoms with Crippen molar-refractivity contribution in [1.82, 2.24) is 15.5 Å². The van der Waals surface area contributed by atoms with Crippen LogP contribution >= 0.6 is 0 Å². The lowest BCUT2D eigenvalue weighted by Crippen LogP contribution is -2.52. The zero-order valence-corrected chi connectivity index (χ0v) is 21.2. The molecule has 1 atom stereocenters. The van der Waals surface area contributed by atoms with Crippen LogP contribution in [0.3, 0.4) is 0 Å². The third kappa shape index (κ3) is 5.64. The van der Waals surface area contributed by atoms with Crippen molar-refractivity contribution in [2.24, 2.45) is 0 Å². The summed E-state index contributed by atoms with van der Waals surface area (Å²) in [6.07, 6.45) is 3.30. The predicted molar refractivity (Wildman–Crippen MR) is 132 cm³/mol. The van der Waals surface area contributed by atoms with E-state index in [1.54, 1.807) is 11.0 Å². The average Bonchev–Trinajstić information content (AvgIpc) is 3.13. The number of benzene rings is 1. The summed E-state index contributed by atoms with van der Waals surface area (Å²) >= 11 is 0. The maximum Gasteiger partial charge on any atom is 0.407 e. The van der Waals surface area contributed by atoms with Crippen LogP contribution in [-0.2, 0) is 20.9 Å². The number of hydrogen-bond acceptors (Lipinski definition) is 7. The molecule has 1 aliphatic carbocycles. The van der Waals surface area contributed by atoms with Crippen LogP contribution in [0.25, 0.3) is 0 Å². The first-order valence-corrected chi connectivity index (χ1v) is 12.7. The molecule has 196 valence electrons. The molecule has 2 heterocycles. The fraction of sp³-hybridized carbons (Fsp3) is 0.615. The van der Waals surface area contributed by atoms with Gasteiger partial charge in [0.2, 0.25) is 11.8 Å². The van der Waals surface area contributed by atoms with Crippen LogP contribution in [0.5, 0.6) is 0 Å². The Morgan fingerprint density at radius 3 is 2.53 bits per heavy atom. The summed E-state index contributed by atoms with van der Waals surface area (Å²) in [5, 5.41) is 15.1. The number of nitrogens with zero attached hydrogens (tertiary/aromatic N) is 2. The smallest absolute Gasteiger partial charge is 0.407 e. The summed E-state index contributed by atoms with van der Waals surface area (Å²) in [6, 6.07) is 5.06. The lowest BCUT2D eigenvalue weighted by molar-refractivity contribution is -0.136. The second-order valence-corrected chi connectivity index (χ2v) is 10.8. The van der Waals surface area contributed by atoms with E-state index in [0.717, 1.165) is 36.9 Å². The molecule has 4 amide bonds. The Balaban J connectivity index is 1.47. The Hall–Kier alpha value is -3.14. The van der Waals surface area contributed by atoms with Gasteiger partial charge in [-0.15, -0.1) is 0 Å². The van der Waals surface area contributed by atoms with E-state index in [1.165, 1.54) is 0 Å². The number of hydrogen-bond donors (Lipinski definition) is 3. The molecule has 0 aromatic heterocycles. The number of aliphatic hydroxyl groups excluding tert-OH is 1. The zero-order valence-electron chi connectivity index (χ0n) is 21.2. The minimum absolute atomic E-state index is 0.0261. The first-order chi connectivity index (χ1) is 17.1. The summed E-state index contributed by atoms with van der Waals surface area (Å²) in [7, 11) is 0. The number of nitrogens with one attached hydrogen (secondary N) is 2. The number of piperidine rings is 1. The molecule has 2 fully saturated rings. The summed E-state index contributed by atoms with van der Waals surface area (Å²) < 4.78 is 5.38. The van der Waals surface area contributed by atoms with Gasteiger partial charge in [-0.05, 0) is 65.0 Å². The molecule has 0 spiro atoms. The summed E-state index contributed by atoms with van der Waals surface area (Å²) in [5.74, 6) is -0.959. The van der Waals surface area contributed by atoms with E-state index >= 15 is 0 Å². The van der Waals surface area contributed by atoms with Crippen molar-refractivity contribution >= 4 is 29.5 Å². The fourth-order valence-electron chi connectivity index (χ4n) is 5.45. The number of carbonyl (C=O) groups is 4. The van der Waals surface area contributed by atoms with Gasteiger partial charge in [-0.3, -0.25) is 19.7 Å². The number of aliphatic hydroxyl groups is 1. The average molecular weight is 501 g/mol. The summed E-state index contributed by atoms with van der Waals surface area (Å²) in [6.45, 7) is 6.17. The van der Waals surface area contributed by atoms with Gasteiger partial charge in [0.25, 0.3) is 5.91 Å². The molecular weight excluding hydrogens is 464 g/mol. The van der Waals surface area contributed by atoms with Crippen LogP contribution in [0.4, 0.5) is 10.5 Å². The van der Waals surface area contributed by atoms with Crippen LogP contribution in [0.2, 0.25) is 0 Å². The SMILES string of the molecule is CC(C)(C)OC(=O)NC1CCC(N(CCO)c2cccc3c2CN(C2CCC(=O)NC2=O)C3=O)CC1. The Morgan fingerprint density at radius 1 is 1.17 bits per heavy atom. The quantitative estimate of drug-likeness (QED) is 0.510. The molecule has 36 heavy (non-hydrogen) atoms. The maximum absolute atomic E-state index is 13.2. The molecule has 3 aliphatic rings. The van der Waals surface area contributed by atoms with Crippen LogP contribution < -0.4 is 15.5 Å². The van der Waals surface area contributed by atoms with Gasteiger partial charge in [-0.2, -0.15) is 0 Å². The van der Waals surface area contributed by atoms with Crippen LogP contribution in [-0.4, -0.2) is 70.7 Å². The highest BCUT2D eigenvalue weighted by Gasteiger charge is 2.41. The van der Waals surface area contributed by atoms with E-state index in [-0.39, 0.29) is 43.5 Å². The van der Waals surface area contributed by atoms with Crippen LogP contribution in [0.1, 0.15) is 75.2 Å². The van der Waals surface area contributed by atoms with E-state index in [2.05, 4.69) is 15.5 Å². The highest BCUT2D eigenvalue weighted by atomic mass is 16.6. The molecule has 1 aromatic rings. The second-order valence-electron chi connectivity index (χ2n) is 10.8. The molecule has 1 unspecified atom stereocenters. The maximum atomic E-state index is 13.2. The van der Waals surface area contributed by atoms with Gasteiger partial charge in [0.1, 0.15) is 11.6 Å². The molecule has 10 nitrogen and oxygen atoms in total. The van der Waals surface area contributed by atoms with Crippen molar-refractivity contribution in [2.75, 3.05) is 18.1 Å². The lowest BCUT2D eigenvalue weighted by atomic mass is 9.89. The fourth-order valence-corrected chi connectivity index (χ4v) is 5.45. The number of rotatable bonds is 6. The lowest BCUT2D eigenvalue weighted by Gasteiger charge is -2.39. The molecule has 2 aliphatic heterocycles. The summed E-state index contributed by atoms with van der Waals surface area (Å²) in [4.78, 5) is 53.1. The van der Waals surface area contributed by atoms with Crippen molar-refractivity contribution in [1.29, 1.82) is 0 Å². The molecule has 0 bridgehead atoms. The molecule has 0 radical (unpaired) electrons. The third-order valence-corrected chi connectivity index (χ3v) is 7.07. The molecule has 10 heteroatoms. The Morgan fingerprint density at radius 2 is 1.89 bits per heavy atom. The van der Waals surface area contributed by atoms with Crippen LogP contribution in [0, 0.1) is 0 Å². The highest BCUT2D eigenvalue weighted by Crippen LogP contribution is 2.37. The Kier molecular flexibility index (Phi) is 7.54. The van der Waals surface area contributed by atoms with Gasteiger partial charge in [-0.25, -0.2) is 4.79 Å². The molecule has 4 rings (SSSR count). The topological polar surface area (TPSA) is 128 Å². The van der Waals surface area contributed by atoms with Crippen molar-refractivity contribution in [3.8, 4) is 0 Å². The van der Waals surface area contributed by atoms with E-state index in [9.17, 15) is 24.3 Å². The van der Waals surface area contributed by atoms with E-state index < -0.39 is 23.6 Å². The van der Waals surface area contributed by atoms with Gasteiger partial charge in [-0.1, -0.05) is 6.07 Å². The van der Waals surface area contributed by atoms with E-state index in [4.69, 9.17) is 4.74 Å². The van der Waals surface area contributed by atoms with Gasteiger partial charge in [0, 0.05) is 48.4 Å². The number of alkyl carbamates (subject to hydrolysis) is 1. The molecule has 1 saturated carbocycles. The molecule has 1 saturated heterocycles. The number of amides is 4. The van der Waals surface area contributed by atoms with E-state index in [0.29, 0.717) is 18.5 Å². The van der Waals surface area contributed by atoms with Gasteiger partial charge in [0.15, 0.2) is 0 Å². The van der Waals surface area contributed by atoms with Crippen molar-refractivity contribution in [2.45, 2.75) is 89.6 Å². The standard InChI is InChI=1S/C26H36N4O6/c1-26(2,3)36-25(35)27-16-7-9-17(10-8-16)29(13-14-31)20-6-4-5-18-19(20)15-30(24(18)34)21-11-12-22(32)28-23(21)33/h4-6,16-17,21,31H,7-15H2,1-3H3,(H,27,35)(H,28,32,33). The number of fused-ring (bicyclic) bond motifs is 1. The van der Waals surface area contributed by atoms with Crippen LogP contribution in [0.15, 0.2) is 18.2 Å². The third-order valence-electron chi connectivity index (χ3n) is 7.07. The first-order valence-electron chi connectivity index (χ1n) is 12.7. The minimum Gasteiger partial charge on any atom is -0.444 e. The van der Waals surface area contributed by atoms with Gasteiger partial charge < -0.3 is 25.0 Å². The largest absolute Gasteiger partial charge is 0.444 e. The molecular formula is C26H36N4O6. The second kappa shape index (κ2) is 10.5. The minimum atomic E-state index is -0.670. The summed E-state index contributed by atoms with van der Waals surface area (Å²) in [5.41, 5.74) is 1.73. The highest BCUT2D eigenvalue weighted by molar-refractivity contribution is 6.06. The van der Waals surface area contributed by atoms with E-state index in [1.807, 2.05) is 32.9 Å². The number of imide groups is 1. The monoisotopic (exact) mass is 500 g/mol. The normalized spacial score (nSPS) is 24.3. The number of carbonyl (C=O) groups excluding carboxylic acids is 4. The van der Waals surface area contributed by atoms with Gasteiger partial charge >= 0.3 is 6.09 Å². The van der Waals surface area contributed by atoms with Crippen molar-refractivity contribution in [3.05, 3.63) is 29.3 Å². The molecule has 1 aromatic carbocycles. The van der Waals surface area contributed by atoms with Crippen molar-refractivity contribution < 1.29 is 29.0 Å². The first kappa shape index (κ1) is 25.9. The number of anilines is 1. The predicted octanol–water partition coefficient (Wildman–Crippen LogP) is 2.08. The van der Waals surface area contributed by atoms with Gasteiger partial charge in [0.05, 0.1) is 6.61 Å². The van der Waals surface area contributed by atoms with Crippen molar-refractivity contribution in [3.63, 3.8) is 0 Å². The zero-order chi connectivity index (χ0) is 26.0. The number of ether oxygens (including phenoxy) is 1.